The molecule has 188 valence electrons. The monoisotopic (exact) mass is 531 g/mol. The fourth-order valence-electron chi connectivity index (χ4n) is 4.54. The molecule has 4 aromatic carbocycles. The number of rotatable bonds is 6. The highest BCUT2D eigenvalue weighted by Crippen LogP contribution is 2.31. The van der Waals surface area contributed by atoms with Gasteiger partial charge in [-0.2, -0.15) is 0 Å². The van der Waals surface area contributed by atoms with E-state index in [0.717, 1.165) is 39.5 Å². The first kappa shape index (κ1) is 24.9. The third kappa shape index (κ3) is 4.68. The van der Waals surface area contributed by atoms with Crippen molar-refractivity contribution in [1.29, 1.82) is 0 Å². The third-order valence-electron chi connectivity index (χ3n) is 6.59. The van der Waals surface area contributed by atoms with Crippen LogP contribution in [0.3, 0.4) is 0 Å². The second-order valence-electron chi connectivity index (χ2n) is 9.00. The molecule has 0 aliphatic heterocycles. The van der Waals surface area contributed by atoms with Crippen molar-refractivity contribution in [3.63, 3.8) is 0 Å². The predicted octanol–water partition coefficient (Wildman–Crippen LogP) is 7.14. The molecule has 0 atom stereocenters. The largest absolute Gasteiger partial charge is 0.341 e. The smallest absolute Gasteiger partial charge is 0.263 e. The SMILES string of the molecule is CCn1c2ccccc2c2cc(NC(=O)c3ccc(Cl)c(S(=O)(=O)Nc4ccc(C)c(C)c4)c3)ccc21. The standard InChI is InChI=1S/C29H26ClN3O3S/c1-4-33-26-8-6-5-7-23(26)24-17-21(12-14-27(24)33)31-29(34)20-10-13-25(30)28(16-20)37(35,36)32-22-11-9-18(2)19(3)15-22/h5-17,32H,4H2,1-3H3,(H,31,34). The first-order chi connectivity index (χ1) is 17.7. The van der Waals surface area contributed by atoms with Crippen molar-refractivity contribution in [2.24, 2.45) is 0 Å². The predicted molar refractivity (Wildman–Crippen MR) is 151 cm³/mol. The van der Waals surface area contributed by atoms with Gasteiger partial charge in [-0.1, -0.05) is 35.9 Å². The van der Waals surface area contributed by atoms with E-state index in [4.69, 9.17) is 11.6 Å². The van der Waals surface area contributed by atoms with Gasteiger partial charge >= 0.3 is 0 Å². The van der Waals surface area contributed by atoms with Gasteiger partial charge in [-0.05, 0) is 86.5 Å². The number of aryl methyl sites for hydroxylation is 3. The quantitative estimate of drug-likeness (QED) is 0.244. The molecular formula is C29H26ClN3O3S. The maximum Gasteiger partial charge on any atom is 0.263 e. The highest BCUT2D eigenvalue weighted by Gasteiger charge is 2.21. The molecule has 0 spiro atoms. The minimum absolute atomic E-state index is 0.0293. The zero-order valence-electron chi connectivity index (χ0n) is 20.7. The highest BCUT2D eigenvalue weighted by molar-refractivity contribution is 7.92. The second kappa shape index (κ2) is 9.57. The van der Waals surface area contributed by atoms with Crippen LogP contribution in [0.2, 0.25) is 5.02 Å². The number of nitrogens with zero attached hydrogens (tertiary/aromatic N) is 1. The average molecular weight is 532 g/mol. The van der Waals surface area contributed by atoms with E-state index in [2.05, 4.69) is 33.7 Å². The summed E-state index contributed by atoms with van der Waals surface area (Å²) in [7, 11) is -4.02. The van der Waals surface area contributed by atoms with Gasteiger partial charge in [0.05, 0.1) is 5.02 Å². The maximum absolute atomic E-state index is 13.1. The van der Waals surface area contributed by atoms with Gasteiger partial charge in [0.15, 0.2) is 0 Å². The Balaban J connectivity index is 1.45. The Kier molecular flexibility index (Phi) is 6.43. The molecule has 5 rings (SSSR count). The number of sulfonamides is 1. The molecule has 1 amide bonds. The first-order valence-electron chi connectivity index (χ1n) is 11.9. The minimum atomic E-state index is -4.02. The maximum atomic E-state index is 13.1. The lowest BCUT2D eigenvalue weighted by Gasteiger charge is -2.12. The summed E-state index contributed by atoms with van der Waals surface area (Å²) >= 11 is 6.25. The van der Waals surface area contributed by atoms with Crippen molar-refractivity contribution in [3.05, 3.63) is 101 Å². The molecule has 8 heteroatoms. The first-order valence-corrected chi connectivity index (χ1v) is 13.8. The number of nitrogens with one attached hydrogen (secondary N) is 2. The summed E-state index contributed by atoms with van der Waals surface area (Å²) in [6.07, 6.45) is 0. The summed E-state index contributed by atoms with van der Waals surface area (Å²) in [5.41, 5.74) is 5.44. The van der Waals surface area contributed by atoms with Crippen molar-refractivity contribution < 1.29 is 13.2 Å². The van der Waals surface area contributed by atoms with Gasteiger partial charge in [-0.15, -0.1) is 0 Å². The molecule has 0 aliphatic rings. The number of hydrogen-bond acceptors (Lipinski definition) is 3. The normalized spacial score (nSPS) is 11.7. The van der Waals surface area contributed by atoms with Crippen LogP contribution in [0.5, 0.6) is 0 Å². The fourth-order valence-corrected chi connectivity index (χ4v) is 6.12. The van der Waals surface area contributed by atoms with Crippen LogP contribution in [-0.4, -0.2) is 18.9 Å². The Morgan fingerprint density at radius 2 is 1.57 bits per heavy atom. The van der Waals surface area contributed by atoms with Crippen LogP contribution < -0.4 is 10.0 Å². The number of halogens is 1. The Morgan fingerprint density at radius 1 is 0.838 bits per heavy atom. The number of anilines is 2. The zero-order valence-corrected chi connectivity index (χ0v) is 22.2. The van der Waals surface area contributed by atoms with Crippen LogP contribution in [0.4, 0.5) is 11.4 Å². The number of benzene rings is 4. The van der Waals surface area contributed by atoms with Crippen molar-refractivity contribution >= 4 is 60.7 Å². The van der Waals surface area contributed by atoms with E-state index in [0.29, 0.717) is 11.4 Å². The van der Waals surface area contributed by atoms with E-state index in [9.17, 15) is 13.2 Å². The highest BCUT2D eigenvalue weighted by atomic mass is 35.5. The van der Waals surface area contributed by atoms with Crippen LogP contribution in [0, 0.1) is 13.8 Å². The van der Waals surface area contributed by atoms with Gasteiger partial charge in [0.2, 0.25) is 0 Å². The summed E-state index contributed by atoms with van der Waals surface area (Å²) in [5, 5.41) is 5.07. The van der Waals surface area contributed by atoms with Crippen LogP contribution >= 0.6 is 11.6 Å². The van der Waals surface area contributed by atoms with E-state index in [-0.39, 0.29) is 15.5 Å². The number of hydrogen-bond donors (Lipinski definition) is 2. The fraction of sp³-hybridized carbons (Fsp3) is 0.138. The van der Waals surface area contributed by atoms with Gasteiger partial charge in [0.25, 0.3) is 15.9 Å². The lowest BCUT2D eigenvalue weighted by molar-refractivity contribution is 0.102. The third-order valence-corrected chi connectivity index (χ3v) is 8.45. The summed E-state index contributed by atoms with van der Waals surface area (Å²) in [6, 6.07) is 23.4. The van der Waals surface area contributed by atoms with Gasteiger partial charge in [-0.25, -0.2) is 8.42 Å². The van der Waals surface area contributed by atoms with Crippen molar-refractivity contribution in [2.75, 3.05) is 10.0 Å². The van der Waals surface area contributed by atoms with E-state index in [1.165, 1.54) is 18.2 Å². The van der Waals surface area contributed by atoms with Crippen molar-refractivity contribution in [3.8, 4) is 0 Å². The Bertz CT molecular complexity index is 1790. The lowest BCUT2D eigenvalue weighted by Crippen LogP contribution is -2.16. The van der Waals surface area contributed by atoms with Gasteiger partial charge in [0, 0.05) is 45.3 Å². The van der Waals surface area contributed by atoms with E-state index >= 15 is 0 Å². The summed E-state index contributed by atoms with van der Waals surface area (Å²) < 4.78 is 31.0. The summed E-state index contributed by atoms with van der Waals surface area (Å²) in [4.78, 5) is 13.0. The van der Waals surface area contributed by atoms with E-state index in [1.54, 1.807) is 12.1 Å². The van der Waals surface area contributed by atoms with Crippen molar-refractivity contribution in [2.45, 2.75) is 32.2 Å². The molecule has 37 heavy (non-hydrogen) atoms. The molecule has 5 aromatic rings. The topological polar surface area (TPSA) is 80.2 Å². The molecule has 6 nitrogen and oxygen atoms in total. The molecule has 0 radical (unpaired) electrons. The number of para-hydroxylation sites is 1. The Hall–Kier alpha value is -3.81. The molecule has 1 heterocycles. The average Bonchev–Trinajstić information content (AvgIpc) is 3.19. The van der Waals surface area contributed by atoms with Gasteiger partial charge in [-0.3, -0.25) is 9.52 Å². The van der Waals surface area contributed by atoms with Crippen LogP contribution in [0.1, 0.15) is 28.4 Å². The Labute approximate surface area is 220 Å². The van der Waals surface area contributed by atoms with Crippen LogP contribution in [0.15, 0.2) is 83.8 Å². The minimum Gasteiger partial charge on any atom is -0.341 e. The molecule has 1 aromatic heterocycles. The molecule has 0 saturated heterocycles. The molecule has 0 saturated carbocycles. The van der Waals surface area contributed by atoms with Gasteiger partial charge < -0.3 is 9.88 Å². The van der Waals surface area contributed by atoms with Gasteiger partial charge in [0.1, 0.15) is 4.90 Å². The summed E-state index contributed by atoms with van der Waals surface area (Å²) in [5.74, 6) is -0.433. The lowest BCUT2D eigenvalue weighted by atomic mass is 10.1. The number of amides is 1. The second-order valence-corrected chi connectivity index (χ2v) is 11.1. The summed E-state index contributed by atoms with van der Waals surface area (Å²) in [6.45, 7) is 6.78. The number of carbonyl (C=O) groups is 1. The van der Waals surface area contributed by atoms with Crippen LogP contribution in [-0.2, 0) is 16.6 Å². The van der Waals surface area contributed by atoms with E-state index in [1.807, 2.05) is 50.2 Å². The molecule has 2 N–H and O–H groups in total. The van der Waals surface area contributed by atoms with Crippen molar-refractivity contribution in [1.82, 2.24) is 4.57 Å². The number of fused-ring (bicyclic) bond motifs is 3. The molecule has 0 bridgehead atoms. The molecular weight excluding hydrogens is 506 g/mol. The number of carbonyl (C=O) groups excluding carboxylic acids is 1. The molecule has 0 unspecified atom stereocenters. The number of aromatic nitrogens is 1. The molecule has 0 fully saturated rings. The zero-order chi connectivity index (χ0) is 26.3. The Morgan fingerprint density at radius 3 is 2.32 bits per heavy atom. The van der Waals surface area contributed by atoms with Crippen LogP contribution in [0.25, 0.3) is 21.8 Å². The molecule has 0 aliphatic carbocycles. The van der Waals surface area contributed by atoms with E-state index < -0.39 is 15.9 Å².